The van der Waals surface area contributed by atoms with Crippen LogP contribution in [0.3, 0.4) is 0 Å². The summed E-state index contributed by atoms with van der Waals surface area (Å²) in [5.41, 5.74) is 1.07. The number of hydrogen-bond donors (Lipinski definition) is 1. The second kappa shape index (κ2) is 8.29. The maximum Gasteiger partial charge on any atom is 0.416 e. The zero-order chi connectivity index (χ0) is 22.0. The summed E-state index contributed by atoms with van der Waals surface area (Å²) in [6, 6.07) is 14.4. The maximum atomic E-state index is 13.2. The number of pyridine rings is 2. The topological polar surface area (TPSA) is 44.3 Å². The van der Waals surface area contributed by atoms with E-state index in [2.05, 4.69) is 21.8 Å². The van der Waals surface area contributed by atoms with Gasteiger partial charge in [-0.3, -0.25) is 0 Å². The van der Waals surface area contributed by atoms with Gasteiger partial charge in [0, 0.05) is 31.9 Å². The van der Waals surface area contributed by atoms with E-state index in [1.165, 1.54) is 6.07 Å². The van der Waals surface area contributed by atoms with E-state index in [0.29, 0.717) is 35.3 Å². The Bertz CT molecular complexity index is 1080. The van der Waals surface area contributed by atoms with Crippen molar-refractivity contribution in [1.82, 2.24) is 9.97 Å². The standard InChI is InChI=1S/C23H22F3N5/c1-16(28-21-9-3-4-12-27-21)31-14-6-13-30(2)20-11-10-19(29-22(20)31)17-7-5-8-18(15-17)23(24,25)26/h3-5,7-12,15H,1,6,13-14H2,2H3,(H,27,28). The van der Waals surface area contributed by atoms with Crippen LogP contribution in [0.4, 0.5) is 30.5 Å². The van der Waals surface area contributed by atoms with Crippen molar-refractivity contribution < 1.29 is 13.2 Å². The van der Waals surface area contributed by atoms with Crippen molar-refractivity contribution in [3.8, 4) is 11.3 Å². The van der Waals surface area contributed by atoms with Gasteiger partial charge in [0.1, 0.15) is 11.6 Å². The molecule has 0 saturated carbocycles. The molecule has 4 rings (SSSR count). The van der Waals surface area contributed by atoms with Gasteiger partial charge in [0.25, 0.3) is 0 Å². The minimum absolute atomic E-state index is 0.410. The van der Waals surface area contributed by atoms with Crippen LogP contribution in [-0.4, -0.2) is 30.1 Å². The van der Waals surface area contributed by atoms with E-state index in [-0.39, 0.29) is 0 Å². The first-order valence-corrected chi connectivity index (χ1v) is 9.87. The van der Waals surface area contributed by atoms with Gasteiger partial charge in [-0.2, -0.15) is 13.2 Å². The number of hydrogen-bond acceptors (Lipinski definition) is 5. The fourth-order valence-corrected chi connectivity index (χ4v) is 3.56. The molecule has 0 saturated heterocycles. The Labute approximate surface area is 178 Å². The average molecular weight is 425 g/mol. The quantitative estimate of drug-likeness (QED) is 0.607. The molecule has 5 nitrogen and oxygen atoms in total. The van der Waals surface area contributed by atoms with Crippen molar-refractivity contribution in [2.45, 2.75) is 12.6 Å². The summed E-state index contributed by atoms with van der Waals surface area (Å²) in [5, 5.41) is 3.20. The third-order valence-corrected chi connectivity index (χ3v) is 5.15. The van der Waals surface area contributed by atoms with Crippen LogP contribution in [0.5, 0.6) is 0 Å². The molecular formula is C23H22F3N5. The van der Waals surface area contributed by atoms with Gasteiger partial charge >= 0.3 is 6.18 Å². The first-order valence-electron chi connectivity index (χ1n) is 9.87. The summed E-state index contributed by atoms with van der Waals surface area (Å²) in [7, 11) is 1.98. The van der Waals surface area contributed by atoms with Crippen molar-refractivity contribution in [3.63, 3.8) is 0 Å². The first kappa shape index (κ1) is 20.7. The average Bonchev–Trinajstić information content (AvgIpc) is 2.92. The monoisotopic (exact) mass is 425 g/mol. The lowest BCUT2D eigenvalue weighted by Crippen LogP contribution is -2.28. The Balaban J connectivity index is 1.73. The largest absolute Gasteiger partial charge is 0.416 e. The van der Waals surface area contributed by atoms with Gasteiger partial charge in [-0.25, -0.2) is 9.97 Å². The van der Waals surface area contributed by atoms with Gasteiger partial charge in [-0.1, -0.05) is 24.8 Å². The number of anilines is 3. The lowest BCUT2D eigenvalue weighted by molar-refractivity contribution is -0.137. The van der Waals surface area contributed by atoms with Crippen LogP contribution in [0.1, 0.15) is 12.0 Å². The predicted molar refractivity (Wildman–Crippen MR) is 117 cm³/mol. The summed E-state index contributed by atoms with van der Waals surface area (Å²) in [4.78, 5) is 13.1. The van der Waals surface area contributed by atoms with Crippen LogP contribution in [0.25, 0.3) is 11.3 Å². The van der Waals surface area contributed by atoms with Crippen molar-refractivity contribution in [1.29, 1.82) is 0 Å². The van der Waals surface area contributed by atoms with Gasteiger partial charge in [0.15, 0.2) is 5.82 Å². The van der Waals surface area contributed by atoms with Gasteiger partial charge in [-0.15, -0.1) is 0 Å². The van der Waals surface area contributed by atoms with Crippen molar-refractivity contribution in [2.24, 2.45) is 0 Å². The van der Waals surface area contributed by atoms with E-state index in [1.54, 1.807) is 18.3 Å². The molecule has 3 heterocycles. The molecule has 1 aromatic carbocycles. The van der Waals surface area contributed by atoms with E-state index in [1.807, 2.05) is 36.2 Å². The zero-order valence-electron chi connectivity index (χ0n) is 17.0. The molecule has 1 aliphatic rings. The molecule has 0 amide bonds. The molecule has 2 aromatic heterocycles. The Morgan fingerprint density at radius 1 is 1.06 bits per heavy atom. The van der Waals surface area contributed by atoms with Gasteiger partial charge < -0.3 is 15.1 Å². The third kappa shape index (κ3) is 4.47. The second-order valence-electron chi connectivity index (χ2n) is 7.33. The van der Waals surface area contributed by atoms with E-state index in [9.17, 15) is 13.2 Å². The Hall–Kier alpha value is -3.55. The number of nitrogens with zero attached hydrogens (tertiary/aromatic N) is 4. The highest BCUT2D eigenvalue weighted by Gasteiger charge is 2.31. The highest BCUT2D eigenvalue weighted by molar-refractivity contribution is 5.75. The number of rotatable bonds is 4. The number of nitrogens with one attached hydrogen (secondary N) is 1. The van der Waals surface area contributed by atoms with Crippen LogP contribution in [0.15, 0.2) is 73.2 Å². The SMILES string of the molecule is C=C(Nc1ccccn1)N1CCCN(C)c2ccc(-c3cccc(C(F)(F)F)c3)nc21. The third-order valence-electron chi connectivity index (χ3n) is 5.15. The Kier molecular flexibility index (Phi) is 5.54. The van der Waals surface area contributed by atoms with Crippen LogP contribution < -0.4 is 15.1 Å². The normalized spacial score (nSPS) is 14.1. The van der Waals surface area contributed by atoms with Gasteiger partial charge in [0.2, 0.25) is 0 Å². The van der Waals surface area contributed by atoms with Crippen molar-refractivity contribution >= 4 is 17.3 Å². The first-order chi connectivity index (χ1) is 14.8. The molecule has 0 fully saturated rings. The fourth-order valence-electron chi connectivity index (χ4n) is 3.56. The highest BCUT2D eigenvalue weighted by Crippen LogP contribution is 2.36. The minimum atomic E-state index is -4.41. The summed E-state index contributed by atoms with van der Waals surface area (Å²) in [6.45, 7) is 5.64. The maximum absolute atomic E-state index is 13.2. The molecule has 0 bridgehead atoms. The molecule has 0 aliphatic carbocycles. The predicted octanol–water partition coefficient (Wildman–Crippen LogP) is 5.39. The number of benzene rings is 1. The minimum Gasteiger partial charge on any atom is -0.372 e. The van der Waals surface area contributed by atoms with Crippen molar-refractivity contribution in [2.75, 3.05) is 35.3 Å². The lowest BCUT2D eigenvalue weighted by atomic mass is 10.1. The van der Waals surface area contributed by atoms with Crippen LogP contribution in [-0.2, 0) is 6.18 Å². The summed E-state index contributed by atoms with van der Waals surface area (Å²) in [5.74, 6) is 1.90. The molecular weight excluding hydrogens is 403 g/mol. The molecule has 0 radical (unpaired) electrons. The lowest BCUT2D eigenvalue weighted by Gasteiger charge is -2.27. The highest BCUT2D eigenvalue weighted by atomic mass is 19.4. The Morgan fingerprint density at radius 3 is 2.65 bits per heavy atom. The van der Waals surface area contributed by atoms with E-state index in [4.69, 9.17) is 4.98 Å². The van der Waals surface area contributed by atoms with Crippen LogP contribution >= 0.6 is 0 Å². The van der Waals surface area contributed by atoms with Gasteiger partial charge in [-0.05, 0) is 42.8 Å². The smallest absolute Gasteiger partial charge is 0.372 e. The molecule has 1 aliphatic heterocycles. The zero-order valence-corrected chi connectivity index (χ0v) is 17.0. The molecule has 8 heteroatoms. The van der Waals surface area contributed by atoms with E-state index in [0.717, 1.165) is 30.8 Å². The summed E-state index contributed by atoms with van der Waals surface area (Å²) >= 11 is 0. The van der Waals surface area contributed by atoms with Crippen LogP contribution in [0, 0.1) is 0 Å². The second-order valence-corrected chi connectivity index (χ2v) is 7.33. The number of fused-ring (bicyclic) bond motifs is 1. The van der Waals surface area contributed by atoms with E-state index >= 15 is 0 Å². The molecule has 0 atom stereocenters. The molecule has 3 aromatic rings. The van der Waals surface area contributed by atoms with Crippen molar-refractivity contribution in [3.05, 3.63) is 78.8 Å². The number of halogens is 3. The van der Waals surface area contributed by atoms with Gasteiger partial charge in [0.05, 0.1) is 16.9 Å². The number of alkyl halides is 3. The number of aromatic nitrogens is 2. The molecule has 1 N–H and O–H groups in total. The summed E-state index contributed by atoms with van der Waals surface area (Å²) in [6.07, 6.45) is -1.85. The molecule has 0 spiro atoms. The molecule has 31 heavy (non-hydrogen) atoms. The molecule has 160 valence electrons. The fraction of sp³-hybridized carbons (Fsp3) is 0.217. The Morgan fingerprint density at radius 2 is 1.90 bits per heavy atom. The molecule has 0 unspecified atom stereocenters. The van der Waals surface area contributed by atoms with Crippen LogP contribution in [0.2, 0.25) is 0 Å². The summed E-state index contributed by atoms with van der Waals surface area (Å²) < 4.78 is 39.5. The van der Waals surface area contributed by atoms with E-state index < -0.39 is 11.7 Å².